The summed E-state index contributed by atoms with van der Waals surface area (Å²) in [6, 6.07) is 2.56. The van der Waals surface area contributed by atoms with Gasteiger partial charge >= 0.3 is 0 Å². The van der Waals surface area contributed by atoms with Gasteiger partial charge in [0.25, 0.3) is 0 Å². The summed E-state index contributed by atoms with van der Waals surface area (Å²) in [6.07, 6.45) is 3.31. The van der Waals surface area contributed by atoms with E-state index >= 15 is 0 Å². The van der Waals surface area contributed by atoms with Crippen LogP contribution in [0.5, 0.6) is 0 Å². The Morgan fingerprint density at radius 2 is 2.33 bits per heavy atom. The molecule has 5 nitrogen and oxygen atoms in total. The lowest BCUT2D eigenvalue weighted by molar-refractivity contribution is 0.254. The maximum Gasteiger partial charge on any atom is 0.242 e. The first kappa shape index (κ1) is 12.1. The molecule has 0 spiro atoms. The number of aromatic nitrogens is 1. The average molecular weight is 230 g/mol. The summed E-state index contributed by atoms with van der Waals surface area (Å²) in [5, 5.41) is 8.89. The first-order chi connectivity index (χ1) is 7.10. The Morgan fingerprint density at radius 1 is 1.60 bits per heavy atom. The van der Waals surface area contributed by atoms with Gasteiger partial charge in [0, 0.05) is 18.4 Å². The van der Waals surface area contributed by atoms with Gasteiger partial charge in [0.1, 0.15) is 4.90 Å². The van der Waals surface area contributed by atoms with Crippen molar-refractivity contribution in [2.24, 2.45) is 0 Å². The highest BCUT2D eigenvalue weighted by atomic mass is 32.2. The first-order valence-corrected chi connectivity index (χ1v) is 6.11. The van der Waals surface area contributed by atoms with Gasteiger partial charge in [0.15, 0.2) is 0 Å². The van der Waals surface area contributed by atoms with Crippen LogP contribution < -0.4 is 4.72 Å². The number of sulfonamides is 1. The minimum absolute atomic E-state index is 0.108. The number of aliphatic hydroxyl groups excluding tert-OH is 1. The second-order valence-corrected chi connectivity index (χ2v) is 4.81. The Balaban J connectivity index is 2.85. The van der Waals surface area contributed by atoms with Crippen LogP contribution in [-0.4, -0.2) is 31.2 Å². The molecule has 0 bridgehead atoms. The molecule has 2 N–H and O–H groups in total. The zero-order chi connectivity index (χ0) is 11.3. The minimum Gasteiger partial charge on any atom is -0.395 e. The maximum absolute atomic E-state index is 11.7. The number of pyridine rings is 1. The molecule has 0 aliphatic heterocycles. The molecule has 0 fully saturated rings. The van der Waals surface area contributed by atoms with Gasteiger partial charge in [0.2, 0.25) is 10.0 Å². The van der Waals surface area contributed by atoms with Gasteiger partial charge in [-0.2, -0.15) is 0 Å². The van der Waals surface area contributed by atoms with E-state index in [1.54, 1.807) is 13.0 Å². The van der Waals surface area contributed by atoms with Crippen molar-refractivity contribution in [2.75, 3.05) is 6.61 Å². The molecular weight excluding hydrogens is 216 g/mol. The lowest BCUT2D eigenvalue weighted by atomic mass is 10.3. The number of hydrogen-bond donors (Lipinski definition) is 2. The van der Waals surface area contributed by atoms with Crippen LogP contribution in [-0.2, 0) is 10.0 Å². The van der Waals surface area contributed by atoms with E-state index in [1.807, 2.05) is 0 Å². The molecule has 0 saturated carbocycles. The molecule has 0 amide bonds. The largest absolute Gasteiger partial charge is 0.395 e. The third kappa shape index (κ3) is 3.26. The molecule has 1 heterocycles. The molecule has 1 atom stereocenters. The van der Waals surface area contributed by atoms with Crippen LogP contribution >= 0.6 is 0 Å². The van der Waals surface area contributed by atoms with E-state index in [0.29, 0.717) is 6.42 Å². The topological polar surface area (TPSA) is 79.3 Å². The summed E-state index contributed by atoms with van der Waals surface area (Å²) >= 11 is 0. The van der Waals surface area contributed by atoms with Crippen LogP contribution in [0.3, 0.4) is 0 Å². The van der Waals surface area contributed by atoms with Crippen LogP contribution in [0, 0.1) is 0 Å². The van der Waals surface area contributed by atoms with E-state index in [0.717, 1.165) is 0 Å². The van der Waals surface area contributed by atoms with Crippen LogP contribution in [0.4, 0.5) is 0 Å². The number of hydrogen-bond acceptors (Lipinski definition) is 4. The van der Waals surface area contributed by atoms with Gasteiger partial charge in [-0.05, 0) is 18.6 Å². The second kappa shape index (κ2) is 5.20. The quantitative estimate of drug-likeness (QED) is 0.753. The van der Waals surface area contributed by atoms with Crippen molar-refractivity contribution >= 4 is 10.0 Å². The summed E-state index contributed by atoms with van der Waals surface area (Å²) in [4.78, 5) is 3.84. The average Bonchev–Trinajstić information content (AvgIpc) is 2.27. The van der Waals surface area contributed by atoms with Crippen LogP contribution in [0.1, 0.15) is 13.3 Å². The lowest BCUT2D eigenvalue weighted by Crippen LogP contribution is -2.36. The van der Waals surface area contributed by atoms with E-state index in [9.17, 15) is 8.42 Å². The van der Waals surface area contributed by atoms with Crippen molar-refractivity contribution in [2.45, 2.75) is 24.3 Å². The third-order valence-corrected chi connectivity index (χ3v) is 3.49. The maximum atomic E-state index is 11.7. The van der Waals surface area contributed by atoms with E-state index in [-0.39, 0.29) is 11.5 Å². The molecule has 1 rings (SSSR count). The van der Waals surface area contributed by atoms with Gasteiger partial charge < -0.3 is 5.11 Å². The zero-order valence-corrected chi connectivity index (χ0v) is 9.24. The van der Waals surface area contributed by atoms with Gasteiger partial charge in [-0.15, -0.1) is 0 Å². The second-order valence-electron chi connectivity index (χ2n) is 3.10. The summed E-state index contributed by atoms with van der Waals surface area (Å²) in [6.45, 7) is 1.59. The zero-order valence-electron chi connectivity index (χ0n) is 8.42. The van der Waals surface area contributed by atoms with Crippen molar-refractivity contribution in [1.82, 2.24) is 9.71 Å². The van der Waals surface area contributed by atoms with Crippen molar-refractivity contribution in [3.63, 3.8) is 0 Å². The number of rotatable bonds is 5. The van der Waals surface area contributed by atoms with E-state index in [4.69, 9.17) is 5.11 Å². The van der Waals surface area contributed by atoms with Crippen LogP contribution in [0.25, 0.3) is 0 Å². The highest BCUT2D eigenvalue weighted by molar-refractivity contribution is 7.89. The van der Waals surface area contributed by atoms with Crippen molar-refractivity contribution in [3.8, 4) is 0 Å². The van der Waals surface area contributed by atoms with Gasteiger partial charge in [-0.1, -0.05) is 6.92 Å². The smallest absolute Gasteiger partial charge is 0.242 e. The Labute approximate surface area is 89.2 Å². The van der Waals surface area contributed by atoms with Crippen LogP contribution in [0.2, 0.25) is 0 Å². The third-order valence-electron chi connectivity index (χ3n) is 1.98. The molecule has 1 aromatic rings. The van der Waals surface area contributed by atoms with Gasteiger partial charge in [0.05, 0.1) is 6.61 Å². The minimum atomic E-state index is -3.56. The first-order valence-electron chi connectivity index (χ1n) is 4.63. The molecule has 0 radical (unpaired) electrons. The van der Waals surface area contributed by atoms with Gasteiger partial charge in [-0.3, -0.25) is 4.98 Å². The summed E-state index contributed by atoms with van der Waals surface area (Å²) < 4.78 is 25.8. The number of nitrogens with zero attached hydrogens (tertiary/aromatic N) is 1. The molecule has 84 valence electrons. The molecule has 0 aliphatic carbocycles. The van der Waals surface area contributed by atoms with Crippen molar-refractivity contribution < 1.29 is 13.5 Å². The fourth-order valence-electron chi connectivity index (χ4n) is 1.04. The summed E-state index contributed by atoms with van der Waals surface area (Å²) in [5.41, 5.74) is 0. The van der Waals surface area contributed by atoms with Crippen molar-refractivity contribution in [1.29, 1.82) is 0 Å². The Morgan fingerprint density at radius 3 is 2.80 bits per heavy atom. The molecule has 15 heavy (non-hydrogen) atoms. The molecule has 0 saturated heterocycles. The highest BCUT2D eigenvalue weighted by Crippen LogP contribution is 2.07. The normalized spacial score (nSPS) is 13.7. The molecular formula is C9H14N2O3S. The molecule has 0 aromatic carbocycles. The standard InChI is InChI=1S/C9H14N2O3S/c1-2-8(7-12)11-15(13,14)9-4-3-5-10-6-9/h3-6,8,11-12H,2,7H2,1H3. The van der Waals surface area contributed by atoms with E-state index < -0.39 is 16.1 Å². The number of nitrogens with one attached hydrogen (secondary N) is 1. The number of aliphatic hydroxyl groups is 1. The molecule has 1 unspecified atom stereocenters. The molecule has 1 aromatic heterocycles. The fraction of sp³-hybridized carbons (Fsp3) is 0.444. The predicted octanol–water partition coefficient (Wildman–Crippen LogP) is 0.131. The predicted molar refractivity (Wildman–Crippen MR) is 55.7 cm³/mol. The van der Waals surface area contributed by atoms with Crippen molar-refractivity contribution in [3.05, 3.63) is 24.5 Å². The molecule has 0 aliphatic rings. The fourth-order valence-corrected chi connectivity index (χ4v) is 2.32. The SMILES string of the molecule is CCC(CO)NS(=O)(=O)c1cccnc1. The highest BCUT2D eigenvalue weighted by Gasteiger charge is 2.18. The Bertz CT molecular complexity index is 387. The molecule has 6 heteroatoms. The van der Waals surface area contributed by atoms with E-state index in [2.05, 4.69) is 9.71 Å². The summed E-state index contributed by atoms with van der Waals surface area (Å²) in [5.74, 6) is 0. The summed E-state index contributed by atoms with van der Waals surface area (Å²) in [7, 11) is -3.56. The Hall–Kier alpha value is -0.980. The van der Waals surface area contributed by atoms with Crippen LogP contribution in [0.15, 0.2) is 29.4 Å². The van der Waals surface area contributed by atoms with E-state index in [1.165, 1.54) is 18.5 Å². The monoisotopic (exact) mass is 230 g/mol. The Kier molecular flexibility index (Phi) is 4.19. The lowest BCUT2D eigenvalue weighted by Gasteiger charge is -2.13. The van der Waals surface area contributed by atoms with Gasteiger partial charge in [-0.25, -0.2) is 13.1 Å².